The normalized spacial score (nSPS) is 21.0. The zero-order valence-corrected chi connectivity index (χ0v) is 16.5. The van der Waals surface area contributed by atoms with E-state index in [0.29, 0.717) is 6.42 Å². The molecule has 1 aliphatic heterocycles. The van der Waals surface area contributed by atoms with Gasteiger partial charge in [0.25, 0.3) is 0 Å². The molecule has 134 valence electrons. The minimum Gasteiger partial charge on any atom is -0.497 e. The maximum absolute atomic E-state index is 12.6. The van der Waals surface area contributed by atoms with Gasteiger partial charge in [0.1, 0.15) is 5.75 Å². The fourth-order valence-electron chi connectivity index (χ4n) is 3.98. The van der Waals surface area contributed by atoms with Crippen molar-refractivity contribution in [2.75, 3.05) is 7.11 Å². The second-order valence-electron chi connectivity index (χ2n) is 6.74. The Bertz CT molecular complexity index is 876. The molecule has 0 saturated heterocycles. The SMILES string of the molecule is CCC(=O)N1N=C2c3cc(OC)ccc3CC[C@@H]2[C@H]1c1ccc(Br)cc1. The Morgan fingerprint density at radius 3 is 2.73 bits per heavy atom. The summed E-state index contributed by atoms with van der Waals surface area (Å²) in [4.78, 5) is 12.6. The molecule has 1 heterocycles. The van der Waals surface area contributed by atoms with Crippen LogP contribution in [0, 0.1) is 5.92 Å². The van der Waals surface area contributed by atoms with Crippen LogP contribution in [-0.4, -0.2) is 23.7 Å². The predicted molar refractivity (Wildman–Crippen MR) is 105 cm³/mol. The minimum atomic E-state index is -0.0371. The monoisotopic (exact) mass is 412 g/mol. The highest BCUT2D eigenvalue weighted by Gasteiger charge is 2.43. The average Bonchev–Trinajstić information content (AvgIpc) is 3.07. The third kappa shape index (κ3) is 2.84. The molecule has 0 radical (unpaired) electrons. The Morgan fingerprint density at radius 1 is 1.27 bits per heavy atom. The Labute approximate surface area is 162 Å². The summed E-state index contributed by atoms with van der Waals surface area (Å²) in [6, 6.07) is 14.4. The molecule has 2 atom stereocenters. The molecule has 1 amide bonds. The quantitative estimate of drug-likeness (QED) is 0.731. The largest absolute Gasteiger partial charge is 0.497 e. The van der Waals surface area contributed by atoms with E-state index in [4.69, 9.17) is 9.84 Å². The first-order chi connectivity index (χ1) is 12.6. The third-order valence-electron chi connectivity index (χ3n) is 5.30. The smallest absolute Gasteiger partial charge is 0.242 e. The fraction of sp³-hybridized carbons (Fsp3) is 0.333. The maximum atomic E-state index is 12.6. The van der Waals surface area contributed by atoms with E-state index in [9.17, 15) is 4.79 Å². The van der Waals surface area contributed by atoms with Gasteiger partial charge in [0.05, 0.1) is 18.9 Å². The van der Waals surface area contributed by atoms with E-state index in [1.165, 1.54) is 5.56 Å². The van der Waals surface area contributed by atoms with Gasteiger partial charge in [-0.1, -0.05) is 41.1 Å². The molecule has 4 nitrogen and oxygen atoms in total. The summed E-state index contributed by atoms with van der Waals surface area (Å²) in [5.74, 6) is 1.10. The van der Waals surface area contributed by atoms with Gasteiger partial charge in [-0.3, -0.25) is 4.79 Å². The van der Waals surface area contributed by atoms with E-state index < -0.39 is 0 Å². The van der Waals surface area contributed by atoms with E-state index in [1.807, 2.05) is 25.1 Å². The lowest BCUT2D eigenvalue weighted by Crippen LogP contribution is -2.31. The fourth-order valence-corrected chi connectivity index (χ4v) is 4.24. The second-order valence-corrected chi connectivity index (χ2v) is 7.66. The van der Waals surface area contributed by atoms with Crippen LogP contribution in [0.15, 0.2) is 52.0 Å². The molecule has 5 heteroatoms. The second kappa shape index (κ2) is 6.88. The van der Waals surface area contributed by atoms with Crippen LogP contribution in [0.5, 0.6) is 5.75 Å². The first kappa shape index (κ1) is 17.3. The number of nitrogens with zero attached hydrogens (tertiary/aromatic N) is 2. The van der Waals surface area contributed by atoms with E-state index >= 15 is 0 Å². The highest BCUT2D eigenvalue weighted by Crippen LogP contribution is 2.44. The van der Waals surface area contributed by atoms with Crippen molar-refractivity contribution >= 4 is 27.5 Å². The summed E-state index contributed by atoms with van der Waals surface area (Å²) in [6.45, 7) is 1.89. The molecule has 26 heavy (non-hydrogen) atoms. The van der Waals surface area contributed by atoms with Crippen LogP contribution in [0.25, 0.3) is 0 Å². The summed E-state index contributed by atoms with van der Waals surface area (Å²) in [7, 11) is 1.68. The van der Waals surface area contributed by atoms with Gasteiger partial charge >= 0.3 is 0 Å². The van der Waals surface area contributed by atoms with Crippen LogP contribution in [0.2, 0.25) is 0 Å². The summed E-state index contributed by atoms with van der Waals surface area (Å²) >= 11 is 3.49. The lowest BCUT2D eigenvalue weighted by Gasteiger charge is -2.29. The van der Waals surface area contributed by atoms with Gasteiger partial charge in [-0.25, -0.2) is 5.01 Å². The number of halogens is 1. The summed E-state index contributed by atoms with van der Waals surface area (Å²) in [6.07, 6.45) is 2.43. The van der Waals surface area contributed by atoms with Gasteiger partial charge in [0, 0.05) is 22.4 Å². The average molecular weight is 413 g/mol. The van der Waals surface area contributed by atoms with Crippen molar-refractivity contribution < 1.29 is 9.53 Å². The van der Waals surface area contributed by atoms with Crippen molar-refractivity contribution in [1.82, 2.24) is 5.01 Å². The van der Waals surface area contributed by atoms with E-state index in [1.54, 1.807) is 12.1 Å². The molecule has 2 aliphatic rings. The molecule has 0 bridgehead atoms. The van der Waals surface area contributed by atoms with Gasteiger partial charge in [0.2, 0.25) is 5.91 Å². The molecule has 4 rings (SSSR count). The van der Waals surface area contributed by atoms with Crippen LogP contribution in [0.3, 0.4) is 0 Å². The number of carbonyl (C=O) groups is 1. The number of hydrazone groups is 1. The molecule has 0 spiro atoms. The number of hydrogen-bond acceptors (Lipinski definition) is 3. The van der Waals surface area contributed by atoms with Crippen molar-refractivity contribution in [3.63, 3.8) is 0 Å². The lowest BCUT2D eigenvalue weighted by molar-refractivity contribution is -0.133. The molecule has 0 fully saturated rings. The minimum absolute atomic E-state index is 0.0371. The summed E-state index contributed by atoms with van der Waals surface area (Å²) in [5.41, 5.74) is 4.54. The number of amides is 1. The van der Waals surface area contributed by atoms with Gasteiger partial charge < -0.3 is 4.74 Å². The van der Waals surface area contributed by atoms with Gasteiger partial charge in [0.15, 0.2) is 0 Å². The summed E-state index contributed by atoms with van der Waals surface area (Å²) < 4.78 is 6.44. The number of hydrogen-bond donors (Lipinski definition) is 0. The first-order valence-corrected chi connectivity index (χ1v) is 9.75. The Kier molecular flexibility index (Phi) is 4.57. The van der Waals surface area contributed by atoms with E-state index in [0.717, 1.165) is 39.9 Å². The maximum Gasteiger partial charge on any atom is 0.242 e. The number of ether oxygens (including phenoxy) is 1. The highest BCUT2D eigenvalue weighted by atomic mass is 79.9. The van der Waals surface area contributed by atoms with Crippen LogP contribution in [0.1, 0.15) is 42.5 Å². The predicted octanol–water partition coefficient (Wildman–Crippen LogP) is 4.72. The van der Waals surface area contributed by atoms with E-state index in [2.05, 4.69) is 40.2 Å². The molecule has 1 aliphatic carbocycles. The number of rotatable bonds is 3. The zero-order chi connectivity index (χ0) is 18.3. The number of methoxy groups -OCH3 is 1. The summed E-state index contributed by atoms with van der Waals surface area (Å²) in [5, 5.41) is 6.52. The number of fused-ring (bicyclic) bond motifs is 3. The molecule has 2 aromatic carbocycles. The Morgan fingerprint density at radius 2 is 2.04 bits per heavy atom. The van der Waals surface area contributed by atoms with Gasteiger partial charge in [-0.15, -0.1) is 0 Å². The molecular weight excluding hydrogens is 392 g/mol. The molecule has 0 aromatic heterocycles. The number of carbonyl (C=O) groups excluding carboxylic acids is 1. The van der Waals surface area contributed by atoms with Gasteiger partial charge in [-0.2, -0.15) is 5.10 Å². The molecule has 0 N–H and O–H groups in total. The molecule has 0 unspecified atom stereocenters. The van der Waals surface area contributed by atoms with Crippen LogP contribution < -0.4 is 4.74 Å². The van der Waals surface area contributed by atoms with Crippen molar-refractivity contribution in [2.45, 2.75) is 32.2 Å². The molecular formula is C21H21BrN2O2. The third-order valence-corrected chi connectivity index (χ3v) is 5.83. The lowest BCUT2D eigenvalue weighted by atomic mass is 9.77. The van der Waals surface area contributed by atoms with Gasteiger partial charge in [-0.05, 0) is 48.2 Å². The van der Waals surface area contributed by atoms with Crippen molar-refractivity contribution in [2.24, 2.45) is 11.0 Å². The van der Waals surface area contributed by atoms with Crippen LogP contribution in [0.4, 0.5) is 0 Å². The Hall–Kier alpha value is -2.14. The standard InChI is InChI=1S/C21H21BrN2O2/c1-3-19(25)24-21(14-4-8-15(22)9-5-14)17-11-7-13-6-10-16(26-2)12-18(13)20(17)23-24/h4-6,8-10,12,17,21H,3,7,11H2,1-2H3/t17-,21+/m0/s1. The van der Waals surface area contributed by atoms with Crippen LogP contribution in [-0.2, 0) is 11.2 Å². The Balaban J connectivity index is 1.80. The zero-order valence-electron chi connectivity index (χ0n) is 14.9. The van der Waals surface area contributed by atoms with E-state index in [-0.39, 0.29) is 17.9 Å². The first-order valence-electron chi connectivity index (χ1n) is 8.95. The van der Waals surface area contributed by atoms with Crippen molar-refractivity contribution in [3.8, 4) is 5.75 Å². The molecule has 2 aromatic rings. The number of aryl methyl sites for hydroxylation is 1. The number of benzene rings is 2. The topological polar surface area (TPSA) is 41.9 Å². The van der Waals surface area contributed by atoms with Crippen molar-refractivity contribution in [3.05, 3.63) is 63.6 Å². The molecule has 0 saturated carbocycles. The van der Waals surface area contributed by atoms with Crippen molar-refractivity contribution in [1.29, 1.82) is 0 Å². The highest BCUT2D eigenvalue weighted by molar-refractivity contribution is 9.10. The van der Waals surface area contributed by atoms with Crippen LogP contribution >= 0.6 is 15.9 Å².